The summed E-state index contributed by atoms with van der Waals surface area (Å²) in [5.74, 6) is -0.493. The number of nitrogens with two attached hydrogens (primary N) is 1. The molecule has 0 fully saturated rings. The predicted octanol–water partition coefficient (Wildman–Crippen LogP) is 3.52. The number of H-pyrrole nitrogens is 1. The largest absolute Gasteiger partial charge is 0.417 e. The minimum atomic E-state index is -0.493. The van der Waals surface area contributed by atoms with Gasteiger partial charge in [0.25, 0.3) is 0 Å². The molecule has 0 bridgehead atoms. The second-order valence-corrected chi connectivity index (χ2v) is 5.41. The number of halogens is 1. The number of rotatable bonds is 2. The highest BCUT2D eigenvalue weighted by atomic mass is 79.9. The molecule has 0 spiro atoms. The van der Waals surface area contributed by atoms with Gasteiger partial charge in [-0.2, -0.15) is 0 Å². The van der Waals surface area contributed by atoms with Crippen LogP contribution in [0.3, 0.4) is 0 Å². The highest BCUT2D eigenvalue weighted by molar-refractivity contribution is 9.10. The Kier molecular flexibility index (Phi) is 3.02. The molecule has 0 saturated carbocycles. The molecule has 2 aromatic carbocycles. The van der Waals surface area contributed by atoms with Crippen molar-refractivity contribution in [3.63, 3.8) is 0 Å². The molecule has 102 valence electrons. The van der Waals surface area contributed by atoms with Crippen molar-refractivity contribution in [2.24, 2.45) is 0 Å². The summed E-state index contributed by atoms with van der Waals surface area (Å²) in [6, 6.07) is 9.35. The molecule has 20 heavy (non-hydrogen) atoms. The molecule has 6 heteroatoms. The Balaban J connectivity index is 2.05. The zero-order chi connectivity index (χ0) is 14.3. The summed E-state index contributed by atoms with van der Waals surface area (Å²) in [6.07, 6.45) is 0. The van der Waals surface area contributed by atoms with Crippen LogP contribution in [0.2, 0.25) is 0 Å². The summed E-state index contributed by atoms with van der Waals surface area (Å²) in [4.78, 5) is 13.8. The van der Waals surface area contributed by atoms with Crippen molar-refractivity contribution in [3.05, 3.63) is 50.9 Å². The fourth-order valence-corrected chi connectivity index (χ4v) is 2.58. The fraction of sp³-hybridized carbons (Fsp3) is 0.0714. The minimum absolute atomic E-state index is 0.445. The Bertz CT molecular complexity index is 851. The van der Waals surface area contributed by atoms with E-state index < -0.39 is 5.76 Å². The number of aryl methyl sites for hydroxylation is 1. The van der Waals surface area contributed by atoms with Gasteiger partial charge < -0.3 is 15.5 Å². The summed E-state index contributed by atoms with van der Waals surface area (Å²) >= 11 is 3.50. The van der Waals surface area contributed by atoms with Gasteiger partial charge in [0.2, 0.25) is 0 Å². The summed E-state index contributed by atoms with van der Waals surface area (Å²) in [7, 11) is 0. The molecule has 0 radical (unpaired) electrons. The van der Waals surface area contributed by atoms with E-state index in [2.05, 4.69) is 26.2 Å². The maximum atomic E-state index is 11.2. The number of oxazole rings is 1. The van der Waals surface area contributed by atoms with E-state index in [4.69, 9.17) is 10.2 Å². The second kappa shape index (κ2) is 4.72. The molecular formula is C14H12BrN3O2. The molecule has 0 aliphatic heterocycles. The Labute approximate surface area is 122 Å². The summed E-state index contributed by atoms with van der Waals surface area (Å²) in [6.45, 7) is 2.02. The molecule has 5 nitrogen and oxygen atoms in total. The molecule has 0 atom stereocenters. The van der Waals surface area contributed by atoms with E-state index in [9.17, 15) is 4.79 Å². The van der Waals surface area contributed by atoms with E-state index in [1.807, 2.05) is 25.1 Å². The average Bonchev–Trinajstić information content (AvgIpc) is 2.72. The van der Waals surface area contributed by atoms with Gasteiger partial charge in [-0.15, -0.1) is 0 Å². The van der Waals surface area contributed by atoms with E-state index in [1.54, 1.807) is 12.1 Å². The smallest absolute Gasteiger partial charge is 0.408 e. The van der Waals surface area contributed by atoms with E-state index in [0.717, 1.165) is 15.7 Å². The highest BCUT2D eigenvalue weighted by Gasteiger charge is 2.08. The van der Waals surface area contributed by atoms with Crippen molar-refractivity contribution >= 4 is 44.1 Å². The average molecular weight is 334 g/mol. The van der Waals surface area contributed by atoms with Crippen molar-refractivity contribution in [1.29, 1.82) is 0 Å². The van der Waals surface area contributed by atoms with Crippen molar-refractivity contribution < 1.29 is 4.42 Å². The molecule has 3 rings (SSSR count). The molecule has 1 heterocycles. The number of benzene rings is 2. The van der Waals surface area contributed by atoms with Crippen LogP contribution in [0.15, 0.2) is 44.0 Å². The third-order valence-electron chi connectivity index (χ3n) is 2.99. The van der Waals surface area contributed by atoms with Gasteiger partial charge in [-0.3, -0.25) is 4.98 Å². The van der Waals surface area contributed by atoms with Crippen molar-refractivity contribution in [2.75, 3.05) is 11.1 Å². The zero-order valence-corrected chi connectivity index (χ0v) is 12.2. The monoisotopic (exact) mass is 333 g/mol. The number of aromatic nitrogens is 1. The van der Waals surface area contributed by atoms with Gasteiger partial charge in [0.15, 0.2) is 5.58 Å². The van der Waals surface area contributed by atoms with Crippen LogP contribution in [0.4, 0.5) is 17.1 Å². The minimum Gasteiger partial charge on any atom is -0.408 e. The van der Waals surface area contributed by atoms with Gasteiger partial charge in [0.1, 0.15) is 0 Å². The van der Waals surface area contributed by atoms with Gasteiger partial charge in [0.05, 0.1) is 22.6 Å². The van der Waals surface area contributed by atoms with Gasteiger partial charge in [-0.25, -0.2) is 4.79 Å². The Morgan fingerprint density at radius 3 is 2.80 bits per heavy atom. The van der Waals surface area contributed by atoms with E-state index in [0.29, 0.717) is 22.5 Å². The SMILES string of the molecule is Cc1ccc(Nc2cc3[nH]c(=O)oc3cc2N)c(Br)c1. The van der Waals surface area contributed by atoms with E-state index in [1.165, 1.54) is 0 Å². The van der Waals surface area contributed by atoms with Crippen LogP contribution in [0, 0.1) is 6.92 Å². The molecule has 0 aliphatic rings. The van der Waals surface area contributed by atoms with Crippen molar-refractivity contribution in [2.45, 2.75) is 6.92 Å². The number of nitrogens with one attached hydrogen (secondary N) is 2. The van der Waals surface area contributed by atoms with Crippen molar-refractivity contribution in [1.82, 2.24) is 4.98 Å². The third kappa shape index (κ3) is 2.30. The number of hydrogen-bond acceptors (Lipinski definition) is 4. The fourth-order valence-electron chi connectivity index (χ4n) is 1.99. The summed E-state index contributed by atoms with van der Waals surface area (Å²) < 4.78 is 5.91. The lowest BCUT2D eigenvalue weighted by atomic mass is 10.2. The predicted molar refractivity (Wildman–Crippen MR) is 83.4 cm³/mol. The van der Waals surface area contributed by atoms with E-state index in [-0.39, 0.29) is 0 Å². The third-order valence-corrected chi connectivity index (χ3v) is 3.64. The molecule has 1 aromatic heterocycles. The Morgan fingerprint density at radius 2 is 2.05 bits per heavy atom. The van der Waals surface area contributed by atoms with Gasteiger partial charge >= 0.3 is 5.76 Å². The maximum Gasteiger partial charge on any atom is 0.417 e. The van der Waals surface area contributed by atoms with Crippen LogP contribution >= 0.6 is 15.9 Å². The summed E-state index contributed by atoms with van der Waals surface area (Å²) in [5.41, 5.74) is 10.3. The molecule has 4 N–H and O–H groups in total. The first kappa shape index (κ1) is 12.8. The molecular weight excluding hydrogens is 322 g/mol. The Morgan fingerprint density at radius 1 is 1.25 bits per heavy atom. The normalized spacial score (nSPS) is 10.9. The first-order chi connectivity index (χ1) is 9.52. The lowest BCUT2D eigenvalue weighted by Gasteiger charge is -2.11. The van der Waals surface area contributed by atoms with Gasteiger partial charge in [0, 0.05) is 10.5 Å². The van der Waals surface area contributed by atoms with Crippen LogP contribution in [-0.4, -0.2) is 4.98 Å². The number of aromatic amines is 1. The van der Waals surface area contributed by atoms with Crippen LogP contribution in [0.1, 0.15) is 5.56 Å². The molecule has 3 aromatic rings. The molecule has 0 saturated heterocycles. The lowest BCUT2D eigenvalue weighted by molar-refractivity contribution is 0.555. The van der Waals surface area contributed by atoms with Crippen LogP contribution in [-0.2, 0) is 0 Å². The number of nitrogen functional groups attached to an aromatic ring is 1. The van der Waals surface area contributed by atoms with Gasteiger partial charge in [-0.1, -0.05) is 6.07 Å². The van der Waals surface area contributed by atoms with Crippen molar-refractivity contribution in [3.8, 4) is 0 Å². The zero-order valence-electron chi connectivity index (χ0n) is 10.7. The maximum absolute atomic E-state index is 11.2. The topological polar surface area (TPSA) is 84.0 Å². The molecule has 0 amide bonds. The lowest BCUT2D eigenvalue weighted by Crippen LogP contribution is -1.97. The first-order valence-corrected chi connectivity index (χ1v) is 6.78. The Hall–Kier alpha value is -2.21. The standard InChI is InChI=1S/C14H12BrN3O2/c1-7-2-3-10(8(15)4-7)17-11-6-12-13(5-9(11)16)20-14(19)18-12/h2-6,17H,16H2,1H3,(H,18,19). The first-order valence-electron chi connectivity index (χ1n) is 5.98. The van der Waals surface area contributed by atoms with E-state index >= 15 is 0 Å². The summed E-state index contributed by atoms with van der Waals surface area (Å²) in [5, 5.41) is 3.23. The number of anilines is 3. The second-order valence-electron chi connectivity index (χ2n) is 4.56. The number of hydrogen-bond donors (Lipinski definition) is 3. The number of fused-ring (bicyclic) bond motifs is 1. The van der Waals surface area contributed by atoms with Crippen LogP contribution in [0.25, 0.3) is 11.1 Å². The van der Waals surface area contributed by atoms with Crippen LogP contribution < -0.4 is 16.8 Å². The molecule has 0 aliphatic carbocycles. The highest BCUT2D eigenvalue weighted by Crippen LogP contribution is 2.31. The quantitative estimate of drug-likeness (QED) is 0.626. The van der Waals surface area contributed by atoms with Gasteiger partial charge in [-0.05, 0) is 46.6 Å². The molecule has 0 unspecified atom stereocenters. The van der Waals surface area contributed by atoms with Crippen LogP contribution in [0.5, 0.6) is 0 Å².